The summed E-state index contributed by atoms with van der Waals surface area (Å²) in [4.78, 5) is 52.9. The standard InChI is InChI=1S/C37H40ClN7O5/c1-21(23-8-5-4-6-9-23)49-30-18-28(44-32(30)36(47)39-3)34-41-20-27(42-34)16-17-40-37(48)33-31(50-22(2)24-12-14-25(38)15-13-24)19-29(45-33)35(46)43-26-10-7-11-26/h4-6,8-9,12-15,18-22,26,44-45H,7,10-11,16-17H2,1-3H3,(H,39,47)(H,40,48)(H,41,42)(H,43,46). The number of rotatable bonds is 14. The fourth-order valence-electron chi connectivity index (χ4n) is 5.58. The maximum atomic E-state index is 13.4. The van der Waals surface area contributed by atoms with Crippen LogP contribution in [-0.4, -0.2) is 57.3 Å². The molecule has 13 heteroatoms. The molecule has 5 aromatic rings. The van der Waals surface area contributed by atoms with Gasteiger partial charge >= 0.3 is 0 Å². The van der Waals surface area contributed by atoms with Gasteiger partial charge in [0, 0.05) is 55.1 Å². The van der Waals surface area contributed by atoms with E-state index >= 15 is 0 Å². The first-order chi connectivity index (χ1) is 24.2. The molecule has 3 aromatic heterocycles. The SMILES string of the molecule is CNC(=O)c1[nH]c(-c2ncc(CCNC(=O)c3[nH]c(C(=O)NC4CCC4)cc3OC(C)c3ccc(Cl)cc3)[nH]2)cc1OC(C)c1ccccc1. The van der Waals surface area contributed by atoms with Gasteiger partial charge in [-0.1, -0.05) is 54.1 Å². The number of aromatic amines is 3. The van der Waals surface area contributed by atoms with E-state index in [4.69, 9.17) is 21.1 Å². The quantitative estimate of drug-likeness (QED) is 0.0799. The Morgan fingerprint density at radius 2 is 1.52 bits per heavy atom. The minimum atomic E-state index is -0.417. The number of benzene rings is 2. The first kappa shape index (κ1) is 34.4. The Balaban J connectivity index is 1.12. The van der Waals surface area contributed by atoms with Crippen molar-refractivity contribution in [3.05, 3.63) is 112 Å². The highest BCUT2D eigenvalue weighted by molar-refractivity contribution is 6.30. The molecule has 12 nitrogen and oxygen atoms in total. The summed E-state index contributed by atoms with van der Waals surface area (Å²) in [5, 5.41) is 9.17. The number of H-pyrrole nitrogens is 3. The number of hydrogen-bond donors (Lipinski definition) is 6. The maximum Gasteiger partial charge on any atom is 0.271 e. The van der Waals surface area contributed by atoms with Gasteiger partial charge in [0.05, 0.1) is 5.69 Å². The van der Waals surface area contributed by atoms with Gasteiger partial charge in [-0.3, -0.25) is 14.4 Å². The number of aromatic nitrogens is 4. The monoisotopic (exact) mass is 697 g/mol. The number of ether oxygens (including phenoxy) is 2. The van der Waals surface area contributed by atoms with Crippen molar-refractivity contribution < 1.29 is 23.9 Å². The van der Waals surface area contributed by atoms with E-state index in [1.165, 1.54) is 0 Å². The molecule has 50 heavy (non-hydrogen) atoms. The number of imidazole rings is 1. The van der Waals surface area contributed by atoms with Crippen molar-refractivity contribution in [1.82, 2.24) is 35.9 Å². The summed E-state index contributed by atoms with van der Waals surface area (Å²) >= 11 is 6.05. The van der Waals surface area contributed by atoms with Crippen molar-refractivity contribution >= 4 is 29.3 Å². The molecular weight excluding hydrogens is 658 g/mol. The Morgan fingerprint density at radius 1 is 0.860 bits per heavy atom. The molecule has 2 atom stereocenters. The van der Waals surface area contributed by atoms with Gasteiger partial charge in [-0.05, 0) is 56.4 Å². The van der Waals surface area contributed by atoms with Crippen molar-refractivity contribution in [3.8, 4) is 23.0 Å². The zero-order valence-electron chi connectivity index (χ0n) is 28.1. The second kappa shape index (κ2) is 15.4. The fraction of sp³-hybridized carbons (Fsp3) is 0.297. The predicted octanol–water partition coefficient (Wildman–Crippen LogP) is 6.28. The van der Waals surface area contributed by atoms with Crippen LogP contribution >= 0.6 is 11.6 Å². The van der Waals surface area contributed by atoms with Crippen LogP contribution in [0.2, 0.25) is 5.02 Å². The van der Waals surface area contributed by atoms with E-state index in [1.54, 1.807) is 37.5 Å². The Labute approximate surface area is 294 Å². The van der Waals surface area contributed by atoms with Gasteiger partial charge in [0.25, 0.3) is 17.7 Å². The lowest BCUT2D eigenvalue weighted by atomic mass is 9.93. The van der Waals surface area contributed by atoms with Crippen LogP contribution in [0.5, 0.6) is 11.5 Å². The molecule has 3 heterocycles. The Kier molecular flexibility index (Phi) is 10.6. The highest BCUT2D eigenvalue weighted by atomic mass is 35.5. The summed E-state index contributed by atoms with van der Waals surface area (Å²) in [5.74, 6) is 0.160. The van der Waals surface area contributed by atoms with E-state index in [2.05, 4.69) is 35.9 Å². The highest BCUT2D eigenvalue weighted by Gasteiger charge is 2.26. The van der Waals surface area contributed by atoms with Crippen LogP contribution in [0.15, 0.2) is 72.9 Å². The van der Waals surface area contributed by atoms with Crippen LogP contribution in [-0.2, 0) is 6.42 Å². The average molecular weight is 698 g/mol. The van der Waals surface area contributed by atoms with Crippen molar-refractivity contribution in [2.24, 2.45) is 0 Å². The van der Waals surface area contributed by atoms with Gasteiger partial charge in [-0.25, -0.2) is 4.98 Å². The van der Waals surface area contributed by atoms with Gasteiger partial charge < -0.3 is 40.4 Å². The molecular formula is C37H40ClN7O5. The summed E-state index contributed by atoms with van der Waals surface area (Å²) in [6.07, 6.45) is 4.36. The predicted molar refractivity (Wildman–Crippen MR) is 190 cm³/mol. The molecule has 0 radical (unpaired) electrons. The molecule has 1 aliphatic rings. The first-order valence-electron chi connectivity index (χ1n) is 16.6. The Morgan fingerprint density at radius 3 is 2.18 bits per heavy atom. The van der Waals surface area contributed by atoms with E-state index < -0.39 is 12.0 Å². The molecule has 0 saturated heterocycles. The van der Waals surface area contributed by atoms with Gasteiger partial charge in [0.15, 0.2) is 17.3 Å². The average Bonchev–Trinajstić information content (AvgIpc) is 3.86. The van der Waals surface area contributed by atoms with Gasteiger partial charge in [0.2, 0.25) is 0 Å². The van der Waals surface area contributed by atoms with Crippen molar-refractivity contribution in [3.63, 3.8) is 0 Å². The third-order valence-corrected chi connectivity index (χ3v) is 8.96. The highest BCUT2D eigenvalue weighted by Crippen LogP contribution is 2.31. The molecule has 0 bridgehead atoms. The molecule has 3 amide bonds. The molecule has 260 valence electrons. The minimum absolute atomic E-state index is 0.137. The summed E-state index contributed by atoms with van der Waals surface area (Å²) in [6.45, 7) is 4.05. The van der Waals surface area contributed by atoms with E-state index in [1.807, 2.05) is 56.3 Å². The molecule has 1 saturated carbocycles. The van der Waals surface area contributed by atoms with Gasteiger partial charge in [0.1, 0.15) is 29.3 Å². The van der Waals surface area contributed by atoms with Crippen molar-refractivity contribution in [2.45, 2.75) is 57.8 Å². The number of carbonyl (C=O) groups is 3. The second-order valence-corrected chi connectivity index (χ2v) is 12.7. The third kappa shape index (κ3) is 8.03. The molecule has 2 aromatic carbocycles. The molecule has 1 fully saturated rings. The number of halogens is 1. The number of nitrogens with zero attached hydrogens (tertiary/aromatic N) is 1. The molecule has 1 aliphatic carbocycles. The van der Waals surface area contributed by atoms with E-state index in [0.29, 0.717) is 28.7 Å². The van der Waals surface area contributed by atoms with E-state index in [0.717, 1.165) is 36.1 Å². The van der Waals surface area contributed by atoms with Gasteiger partial charge in [-0.2, -0.15) is 0 Å². The largest absolute Gasteiger partial charge is 0.484 e. The van der Waals surface area contributed by atoms with Crippen LogP contribution in [0.4, 0.5) is 0 Å². The molecule has 6 rings (SSSR count). The van der Waals surface area contributed by atoms with Crippen LogP contribution in [0, 0.1) is 0 Å². The molecule has 6 N–H and O–H groups in total. The maximum absolute atomic E-state index is 13.4. The lowest BCUT2D eigenvalue weighted by Gasteiger charge is -2.25. The van der Waals surface area contributed by atoms with Gasteiger partial charge in [-0.15, -0.1) is 0 Å². The lowest BCUT2D eigenvalue weighted by molar-refractivity contribution is 0.0910. The first-order valence-corrected chi connectivity index (χ1v) is 17.0. The Bertz CT molecular complexity index is 1950. The summed E-state index contributed by atoms with van der Waals surface area (Å²) in [6, 6.07) is 20.4. The number of amides is 3. The smallest absolute Gasteiger partial charge is 0.271 e. The van der Waals surface area contributed by atoms with Crippen LogP contribution in [0.25, 0.3) is 11.5 Å². The third-order valence-electron chi connectivity index (χ3n) is 8.71. The van der Waals surface area contributed by atoms with Crippen molar-refractivity contribution in [1.29, 1.82) is 0 Å². The molecule has 0 aliphatic heterocycles. The Hall–Kier alpha value is -5.49. The summed E-state index contributed by atoms with van der Waals surface area (Å²) in [5.41, 5.74) is 3.86. The van der Waals surface area contributed by atoms with Crippen LogP contribution < -0.4 is 25.4 Å². The van der Waals surface area contributed by atoms with E-state index in [9.17, 15) is 14.4 Å². The summed E-state index contributed by atoms with van der Waals surface area (Å²) in [7, 11) is 1.56. The number of nitrogens with one attached hydrogen (secondary N) is 6. The lowest BCUT2D eigenvalue weighted by Crippen LogP contribution is -2.39. The normalized spacial score (nSPS) is 13.9. The topological polar surface area (TPSA) is 166 Å². The number of carbonyl (C=O) groups excluding carboxylic acids is 3. The summed E-state index contributed by atoms with van der Waals surface area (Å²) < 4.78 is 12.4. The second-order valence-electron chi connectivity index (χ2n) is 12.3. The van der Waals surface area contributed by atoms with Crippen molar-refractivity contribution in [2.75, 3.05) is 13.6 Å². The molecule has 2 unspecified atom stereocenters. The minimum Gasteiger partial charge on any atom is -0.484 e. The zero-order valence-corrected chi connectivity index (χ0v) is 28.8. The fourth-order valence-corrected chi connectivity index (χ4v) is 5.71. The zero-order chi connectivity index (χ0) is 35.2. The molecule has 0 spiro atoms. The van der Waals surface area contributed by atoms with Crippen LogP contribution in [0.1, 0.15) is 93.6 Å². The number of hydrogen-bond acceptors (Lipinski definition) is 6. The van der Waals surface area contributed by atoms with E-state index in [-0.39, 0.29) is 53.3 Å². The van der Waals surface area contributed by atoms with Crippen LogP contribution in [0.3, 0.4) is 0 Å².